The van der Waals surface area contributed by atoms with Gasteiger partial charge in [0.05, 0.1) is 6.54 Å². The molecule has 1 aromatic carbocycles. The summed E-state index contributed by atoms with van der Waals surface area (Å²) in [5.41, 5.74) is 1.10. The van der Waals surface area contributed by atoms with Crippen molar-refractivity contribution in [2.75, 3.05) is 31.4 Å². The molecule has 0 spiro atoms. The highest BCUT2D eigenvalue weighted by Gasteiger charge is 2.30. The van der Waals surface area contributed by atoms with E-state index in [1.807, 2.05) is 11.2 Å². The zero-order chi connectivity index (χ0) is 14.5. The van der Waals surface area contributed by atoms with Crippen molar-refractivity contribution in [3.8, 4) is 0 Å². The summed E-state index contributed by atoms with van der Waals surface area (Å²) in [4.78, 5) is 15.0. The van der Waals surface area contributed by atoms with Gasteiger partial charge in [0, 0.05) is 34.2 Å². The summed E-state index contributed by atoms with van der Waals surface area (Å²) in [6, 6.07) is 8.27. The second-order valence-corrected chi connectivity index (χ2v) is 7.21. The van der Waals surface area contributed by atoms with Crippen LogP contribution >= 0.6 is 11.8 Å². The molecule has 1 amide bonds. The SMILES string of the molecule is CSc1ccc(C2NCC(=O)N2CCCS(C)=O)cc1. The number of nitrogens with zero attached hydrogens (tertiary/aromatic N) is 1. The number of thioether (sulfide) groups is 1. The Morgan fingerprint density at radius 3 is 2.70 bits per heavy atom. The van der Waals surface area contributed by atoms with Gasteiger partial charge in [0.1, 0.15) is 6.17 Å². The molecule has 1 aliphatic rings. The first-order valence-electron chi connectivity index (χ1n) is 6.58. The van der Waals surface area contributed by atoms with Gasteiger partial charge in [-0.3, -0.25) is 14.3 Å². The highest BCUT2D eigenvalue weighted by Crippen LogP contribution is 2.24. The van der Waals surface area contributed by atoms with E-state index in [1.54, 1.807) is 18.0 Å². The van der Waals surface area contributed by atoms with Gasteiger partial charge in [-0.2, -0.15) is 0 Å². The average molecular weight is 312 g/mol. The van der Waals surface area contributed by atoms with Crippen LogP contribution in [0, 0.1) is 0 Å². The molecule has 20 heavy (non-hydrogen) atoms. The van der Waals surface area contributed by atoms with Crippen molar-refractivity contribution in [3.63, 3.8) is 0 Å². The second-order valence-electron chi connectivity index (χ2n) is 4.77. The van der Waals surface area contributed by atoms with E-state index < -0.39 is 10.8 Å². The molecule has 1 fully saturated rings. The van der Waals surface area contributed by atoms with Gasteiger partial charge >= 0.3 is 0 Å². The predicted molar refractivity (Wildman–Crippen MR) is 84.2 cm³/mol. The van der Waals surface area contributed by atoms with Crippen LogP contribution in [0.25, 0.3) is 0 Å². The number of benzene rings is 1. The van der Waals surface area contributed by atoms with Gasteiger partial charge in [-0.15, -0.1) is 11.8 Å². The van der Waals surface area contributed by atoms with Crippen LogP contribution < -0.4 is 5.32 Å². The van der Waals surface area contributed by atoms with E-state index in [0.29, 0.717) is 18.8 Å². The molecule has 1 aromatic rings. The number of nitrogens with one attached hydrogen (secondary N) is 1. The molecule has 0 radical (unpaired) electrons. The zero-order valence-corrected chi connectivity index (χ0v) is 13.4. The Kier molecular flexibility index (Phi) is 5.63. The molecule has 2 atom stereocenters. The maximum Gasteiger partial charge on any atom is 0.238 e. The van der Waals surface area contributed by atoms with Gasteiger partial charge in [-0.05, 0) is 30.4 Å². The molecule has 0 saturated carbocycles. The van der Waals surface area contributed by atoms with Gasteiger partial charge in [0.25, 0.3) is 0 Å². The van der Waals surface area contributed by atoms with Crippen molar-refractivity contribution >= 4 is 28.5 Å². The second kappa shape index (κ2) is 7.24. The van der Waals surface area contributed by atoms with E-state index in [0.717, 1.165) is 12.0 Å². The first kappa shape index (κ1) is 15.5. The van der Waals surface area contributed by atoms with Crippen molar-refractivity contribution in [2.24, 2.45) is 0 Å². The molecular formula is C14H20N2O2S2. The average Bonchev–Trinajstić information content (AvgIpc) is 2.80. The third kappa shape index (κ3) is 3.84. The summed E-state index contributed by atoms with van der Waals surface area (Å²) in [7, 11) is -0.798. The lowest BCUT2D eigenvalue weighted by Crippen LogP contribution is -2.31. The maximum atomic E-state index is 11.9. The minimum Gasteiger partial charge on any atom is -0.322 e. The van der Waals surface area contributed by atoms with Crippen molar-refractivity contribution in [1.82, 2.24) is 10.2 Å². The zero-order valence-electron chi connectivity index (χ0n) is 11.8. The summed E-state index contributed by atoms with van der Waals surface area (Å²) < 4.78 is 11.1. The third-order valence-electron chi connectivity index (χ3n) is 3.34. The number of carbonyl (C=O) groups excluding carboxylic acids is 1. The topological polar surface area (TPSA) is 49.4 Å². The number of hydrogen-bond acceptors (Lipinski definition) is 4. The predicted octanol–water partition coefficient (Wildman–Crippen LogP) is 1.61. The molecule has 4 nitrogen and oxygen atoms in total. The van der Waals surface area contributed by atoms with Crippen molar-refractivity contribution in [2.45, 2.75) is 17.5 Å². The lowest BCUT2D eigenvalue weighted by atomic mass is 10.1. The highest BCUT2D eigenvalue weighted by molar-refractivity contribution is 7.98. The summed E-state index contributed by atoms with van der Waals surface area (Å²) >= 11 is 1.70. The molecule has 1 heterocycles. The third-order valence-corrected chi connectivity index (χ3v) is 4.95. The Balaban J connectivity index is 2.04. The van der Waals surface area contributed by atoms with Crippen LogP contribution in [0.15, 0.2) is 29.2 Å². The number of rotatable bonds is 6. The molecule has 1 aliphatic heterocycles. The fourth-order valence-electron chi connectivity index (χ4n) is 2.32. The fraction of sp³-hybridized carbons (Fsp3) is 0.500. The van der Waals surface area contributed by atoms with E-state index in [4.69, 9.17) is 0 Å². The standard InChI is InChI=1S/C14H20N2O2S2/c1-19-12-6-4-11(5-7-12)14-15-10-13(17)16(14)8-3-9-20(2)18/h4-7,14-15H,3,8-10H2,1-2H3. The van der Waals surface area contributed by atoms with Crippen LogP contribution in [-0.4, -0.2) is 46.4 Å². The number of amides is 1. The monoisotopic (exact) mass is 312 g/mol. The van der Waals surface area contributed by atoms with Crippen LogP contribution in [0.4, 0.5) is 0 Å². The molecule has 2 unspecified atom stereocenters. The minimum absolute atomic E-state index is 0.0521. The summed E-state index contributed by atoms with van der Waals surface area (Å²) in [6.07, 6.45) is 4.46. The van der Waals surface area contributed by atoms with Crippen LogP contribution in [0.2, 0.25) is 0 Å². The largest absolute Gasteiger partial charge is 0.322 e. The van der Waals surface area contributed by atoms with Gasteiger partial charge < -0.3 is 4.90 Å². The highest BCUT2D eigenvalue weighted by atomic mass is 32.2. The van der Waals surface area contributed by atoms with Crippen LogP contribution in [0.3, 0.4) is 0 Å². The smallest absolute Gasteiger partial charge is 0.238 e. The molecular weight excluding hydrogens is 292 g/mol. The lowest BCUT2D eigenvalue weighted by molar-refractivity contribution is -0.128. The van der Waals surface area contributed by atoms with Crippen LogP contribution in [-0.2, 0) is 15.6 Å². The molecule has 0 aliphatic carbocycles. The quantitative estimate of drug-likeness (QED) is 0.811. The number of carbonyl (C=O) groups is 1. The van der Waals surface area contributed by atoms with E-state index in [9.17, 15) is 9.00 Å². The first-order chi connectivity index (χ1) is 9.61. The Labute approximate surface area is 126 Å². The molecule has 1 N–H and O–H groups in total. The van der Waals surface area contributed by atoms with Gasteiger partial charge in [-0.25, -0.2) is 0 Å². The van der Waals surface area contributed by atoms with E-state index >= 15 is 0 Å². The van der Waals surface area contributed by atoms with E-state index in [2.05, 4.69) is 29.6 Å². The van der Waals surface area contributed by atoms with E-state index in [-0.39, 0.29) is 12.1 Å². The summed E-state index contributed by atoms with van der Waals surface area (Å²) in [6.45, 7) is 1.03. The number of hydrogen-bond donors (Lipinski definition) is 1. The lowest BCUT2D eigenvalue weighted by Gasteiger charge is -2.24. The first-order valence-corrected chi connectivity index (χ1v) is 9.54. The molecule has 6 heteroatoms. The van der Waals surface area contributed by atoms with Gasteiger partial charge in [0.15, 0.2) is 0 Å². The molecule has 110 valence electrons. The van der Waals surface area contributed by atoms with Gasteiger partial charge in [0.2, 0.25) is 5.91 Å². The maximum absolute atomic E-state index is 11.9. The van der Waals surface area contributed by atoms with Crippen LogP contribution in [0.5, 0.6) is 0 Å². The van der Waals surface area contributed by atoms with Crippen molar-refractivity contribution < 1.29 is 9.00 Å². The normalized spacial score (nSPS) is 20.4. The Morgan fingerprint density at radius 2 is 2.10 bits per heavy atom. The Hall–Kier alpha value is -0.850. The van der Waals surface area contributed by atoms with Crippen molar-refractivity contribution in [1.29, 1.82) is 0 Å². The van der Waals surface area contributed by atoms with Gasteiger partial charge in [-0.1, -0.05) is 12.1 Å². The van der Waals surface area contributed by atoms with E-state index in [1.165, 1.54) is 4.90 Å². The summed E-state index contributed by atoms with van der Waals surface area (Å²) in [5.74, 6) is 0.757. The Morgan fingerprint density at radius 1 is 1.40 bits per heavy atom. The summed E-state index contributed by atoms with van der Waals surface area (Å²) in [5, 5.41) is 3.24. The van der Waals surface area contributed by atoms with Crippen LogP contribution in [0.1, 0.15) is 18.2 Å². The molecule has 0 aromatic heterocycles. The molecule has 1 saturated heterocycles. The van der Waals surface area contributed by atoms with Crippen molar-refractivity contribution in [3.05, 3.63) is 29.8 Å². The molecule has 2 rings (SSSR count). The molecule has 0 bridgehead atoms. The fourth-order valence-corrected chi connectivity index (χ4v) is 3.26. The minimum atomic E-state index is -0.798. The Bertz CT molecular complexity index is 490.